The average molecular weight is 259 g/mol. The Hall–Kier alpha value is -2.24. The monoisotopic (exact) mass is 259 g/mol. The second-order valence-electron chi connectivity index (χ2n) is 3.86. The number of pyridine rings is 1. The predicted molar refractivity (Wildman–Crippen MR) is 73.0 cm³/mol. The minimum absolute atomic E-state index is 0.327. The molecule has 0 unspecified atom stereocenters. The summed E-state index contributed by atoms with van der Waals surface area (Å²) >= 11 is 0. The zero-order chi connectivity index (χ0) is 13.5. The Labute approximate surface area is 112 Å². The molecule has 0 aliphatic rings. The molecule has 0 fully saturated rings. The van der Waals surface area contributed by atoms with E-state index >= 15 is 0 Å². The first-order valence-electron chi connectivity index (χ1n) is 6.37. The van der Waals surface area contributed by atoms with Crippen molar-refractivity contribution in [1.82, 2.24) is 19.9 Å². The van der Waals surface area contributed by atoms with Crippen molar-refractivity contribution < 1.29 is 4.74 Å². The highest BCUT2D eigenvalue weighted by Crippen LogP contribution is 2.16. The van der Waals surface area contributed by atoms with Crippen LogP contribution in [-0.2, 0) is 0 Å². The third kappa shape index (κ3) is 3.61. The number of anilines is 1. The fourth-order valence-corrected chi connectivity index (χ4v) is 1.46. The summed E-state index contributed by atoms with van der Waals surface area (Å²) in [6.07, 6.45) is 2.61. The van der Waals surface area contributed by atoms with Gasteiger partial charge in [-0.15, -0.1) is 0 Å². The SMILES string of the molecule is CCCOc1nc(NCC)nc(-c2ccccn2)n1. The molecule has 0 aliphatic heterocycles. The van der Waals surface area contributed by atoms with Gasteiger partial charge in [-0.1, -0.05) is 13.0 Å². The zero-order valence-corrected chi connectivity index (χ0v) is 11.1. The average Bonchev–Trinajstić information content (AvgIpc) is 2.46. The van der Waals surface area contributed by atoms with E-state index in [0.717, 1.165) is 13.0 Å². The molecule has 100 valence electrons. The third-order valence-corrected chi connectivity index (χ3v) is 2.28. The smallest absolute Gasteiger partial charge is 0.321 e. The molecule has 2 aromatic heterocycles. The number of nitrogens with one attached hydrogen (secondary N) is 1. The van der Waals surface area contributed by atoms with Gasteiger partial charge in [0.2, 0.25) is 5.95 Å². The van der Waals surface area contributed by atoms with Crippen LogP contribution in [0.25, 0.3) is 11.5 Å². The van der Waals surface area contributed by atoms with Crippen LogP contribution in [0, 0.1) is 0 Å². The molecule has 2 rings (SSSR count). The molecule has 2 heterocycles. The fraction of sp³-hybridized carbons (Fsp3) is 0.385. The standard InChI is InChI=1S/C13H17N5O/c1-3-9-19-13-17-11(10-7-5-6-8-15-10)16-12(18-13)14-4-2/h5-8H,3-4,9H2,1-2H3,(H,14,16,17,18). The first-order chi connectivity index (χ1) is 9.33. The molecule has 0 saturated heterocycles. The summed E-state index contributed by atoms with van der Waals surface area (Å²) in [5.74, 6) is 1.02. The van der Waals surface area contributed by atoms with Crippen molar-refractivity contribution in [2.75, 3.05) is 18.5 Å². The van der Waals surface area contributed by atoms with Gasteiger partial charge in [-0.3, -0.25) is 4.98 Å². The number of aromatic nitrogens is 4. The van der Waals surface area contributed by atoms with Gasteiger partial charge in [-0.05, 0) is 25.5 Å². The Morgan fingerprint density at radius 2 is 2.05 bits per heavy atom. The highest BCUT2D eigenvalue weighted by Gasteiger charge is 2.09. The van der Waals surface area contributed by atoms with Crippen molar-refractivity contribution >= 4 is 5.95 Å². The van der Waals surface area contributed by atoms with Crippen LogP contribution in [0.2, 0.25) is 0 Å². The number of rotatable bonds is 6. The lowest BCUT2D eigenvalue weighted by Crippen LogP contribution is -2.08. The van der Waals surface area contributed by atoms with Gasteiger partial charge in [0.05, 0.1) is 6.61 Å². The first-order valence-corrected chi connectivity index (χ1v) is 6.37. The molecular formula is C13H17N5O. The third-order valence-electron chi connectivity index (χ3n) is 2.28. The van der Waals surface area contributed by atoms with E-state index in [2.05, 4.69) is 25.3 Å². The summed E-state index contributed by atoms with van der Waals surface area (Å²) in [4.78, 5) is 17.0. The molecule has 0 saturated carbocycles. The van der Waals surface area contributed by atoms with E-state index in [1.165, 1.54) is 0 Å². The Bertz CT molecular complexity index is 518. The highest BCUT2D eigenvalue weighted by atomic mass is 16.5. The van der Waals surface area contributed by atoms with Crippen LogP contribution in [-0.4, -0.2) is 33.1 Å². The molecule has 6 nitrogen and oxygen atoms in total. The Morgan fingerprint density at radius 1 is 1.16 bits per heavy atom. The summed E-state index contributed by atoms with van der Waals surface area (Å²) in [6, 6.07) is 5.93. The minimum Gasteiger partial charge on any atom is -0.463 e. The van der Waals surface area contributed by atoms with Gasteiger partial charge < -0.3 is 10.1 Å². The van der Waals surface area contributed by atoms with Crippen LogP contribution < -0.4 is 10.1 Å². The molecule has 2 aromatic rings. The van der Waals surface area contributed by atoms with E-state index in [9.17, 15) is 0 Å². The maximum atomic E-state index is 5.47. The molecule has 0 amide bonds. The lowest BCUT2D eigenvalue weighted by Gasteiger charge is -2.07. The quantitative estimate of drug-likeness (QED) is 0.857. The molecule has 0 spiro atoms. The highest BCUT2D eigenvalue weighted by molar-refractivity contribution is 5.50. The van der Waals surface area contributed by atoms with Gasteiger partial charge in [-0.25, -0.2) is 0 Å². The van der Waals surface area contributed by atoms with E-state index in [1.54, 1.807) is 6.20 Å². The largest absolute Gasteiger partial charge is 0.463 e. The fourth-order valence-electron chi connectivity index (χ4n) is 1.46. The lowest BCUT2D eigenvalue weighted by atomic mass is 10.3. The van der Waals surface area contributed by atoms with Crippen LogP contribution in [0.15, 0.2) is 24.4 Å². The Kier molecular flexibility index (Phi) is 4.60. The van der Waals surface area contributed by atoms with Crippen LogP contribution in [0.4, 0.5) is 5.95 Å². The van der Waals surface area contributed by atoms with Crippen molar-refractivity contribution in [1.29, 1.82) is 0 Å². The van der Waals surface area contributed by atoms with E-state index < -0.39 is 0 Å². The van der Waals surface area contributed by atoms with E-state index in [0.29, 0.717) is 30.1 Å². The summed E-state index contributed by atoms with van der Waals surface area (Å²) in [7, 11) is 0. The van der Waals surface area contributed by atoms with Crippen molar-refractivity contribution in [3.63, 3.8) is 0 Å². The molecular weight excluding hydrogens is 242 g/mol. The van der Waals surface area contributed by atoms with E-state index in [4.69, 9.17) is 4.74 Å². The van der Waals surface area contributed by atoms with Crippen molar-refractivity contribution in [2.45, 2.75) is 20.3 Å². The molecule has 0 radical (unpaired) electrons. The van der Waals surface area contributed by atoms with E-state index in [-0.39, 0.29) is 0 Å². The molecule has 1 N–H and O–H groups in total. The van der Waals surface area contributed by atoms with E-state index in [1.807, 2.05) is 32.0 Å². The number of hydrogen-bond acceptors (Lipinski definition) is 6. The lowest BCUT2D eigenvalue weighted by molar-refractivity contribution is 0.292. The van der Waals surface area contributed by atoms with Crippen molar-refractivity contribution in [3.8, 4) is 17.5 Å². The molecule has 19 heavy (non-hydrogen) atoms. The molecule has 0 bridgehead atoms. The van der Waals surface area contributed by atoms with Crippen molar-refractivity contribution in [2.24, 2.45) is 0 Å². The maximum Gasteiger partial charge on any atom is 0.321 e. The summed E-state index contributed by atoms with van der Waals surface area (Å²) in [6.45, 7) is 5.33. The molecule has 6 heteroatoms. The molecule has 0 aliphatic carbocycles. The van der Waals surface area contributed by atoms with Gasteiger partial charge >= 0.3 is 6.01 Å². The zero-order valence-electron chi connectivity index (χ0n) is 11.1. The van der Waals surface area contributed by atoms with Crippen molar-refractivity contribution in [3.05, 3.63) is 24.4 Å². The topological polar surface area (TPSA) is 72.8 Å². The Balaban J connectivity index is 2.33. The predicted octanol–water partition coefficient (Wildman–Crippen LogP) is 2.15. The summed E-state index contributed by atoms with van der Waals surface area (Å²) in [5, 5.41) is 3.06. The number of nitrogens with zero attached hydrogens (tertiary/aromatic N) is 4. The maximum absolute atomic E-state index is 5.47. The van der Waals surface area contributed by atoms with Gasteiger partial charge in [0.1, 0.15) is 5.69 Å². The van der Waals surface area contributed by atoms with Crippen LogP contribution in [0.5, 0.6) is 6.01 Å². The minimum atomic E-state index is 0.327. The van der Waals surface area contributed by atoms with Gasteiger partial charge in [0, 0.05) is 12.7 Å². The van der Waals surface area contributed by atoms with Crippen LogP contribution in [0.1, 0.15) is 20.3 Å². The number of hydrogen-bond donors (Lipinski definition) is 1. The van der Waals surface area contributed by atoms with Crippen LogP contribution >= 0.6 is 0 Å². The second-order valence-corrected chi connectivity index (χ2v) is 3.86. The molecule has 0 atom stereocenters. The van der Waals surface area contributed by atoms with Gasteiger partial charge in [-0.2, -0.15) is 15.0 Å². The van der Waals surface area contributed by atoms with Gasteiger partial charge in [0.15, 0.2) is 5.82 Å². The second kappa shape index (κ2) is 6.63. The molecule has 0 aromatic carbocycles. The van der Waals surface area contributed by atoms with Crippen LogP contribution in [0.3, 0.4) is 0 Å². The first kappa shape index (κ1) is 13.2. The van der Waals surface area contributed by atoms with Gasteiger partial charge in [0.25, 0.3) is 0 Å². The number of ether oxygens (including phenoxy) is 1. The summed E-state index contributed by atoms with van der Waals surface area (Å²) < 4.78 is 5.47. The Morgan fingerprint density at radius 3 is 2.74 bits per heavy atom. The normalized spacial score (nSPS) is 10.2. The summed E-state index contributed by atoms with van der Waals surface area (Å²) in [5.41, 5.74) is 0.699.